The summed E-state index contributed by atoms with van der Waals surface area (Å²) in [4.78, 5) is 9.80. The molecule has 0 spiro atoms. The predicted molar refractivity (Wildman–Crippen MR) is 66.6 cm³/mol. The minimum absolute atomic E-state index is 0.376. The molecule has 3 nitrogen and oxygen atoms in total. The summed E-state index contributed by atoms with van der Waals surface area (Å²) in [5, 5.41) is 0. The topological polar surface area (TPSA) is 38.7 Å². The molecule has 0 unspecified atom stereocenters. The van der Waals surface area contributed by atoms with Crippen LogP contribution in [0.1, 0.15) is 17.5 Å². The van der Waals surface area contributed by atoms with Crippen molar-refractivity contribution in [3.05, 3.63) is 35.4 Å². The summed E-state index contributed by atoms with van der Waals surface area (Å²) in [5.74, 6) is 0. The quantitative estimate of drug-likeness (QED) is 0.820. The van der Waals surface area contributed by atoms with Crippen molar-refractivity contribution in [2.24, 2.45) is 0 Å². The van der Waals surface area contributed by atoms with Crippen molar-refractivity contribution in [1.82, 2.24) is 0 Å². The Morgan fingerprint density at radius 2 is 1.63 bits per heavy atom. The molecule has 1 aromatic carbocycles. The van der Waals surface area contributed by atoms with Crippen LogP contribution < -0.4 is 0 Å². The van der Waals surface area contributed by atoms with Gasteiger partial charge in [-0.05, 0) is 30.5 Å². The van der Waals surface area contributed by atoms with Crippen molar-refractivity contribution < 1.29 is 26.8 Å². The molecule has 19 heavy (non-hydrogen) atoms. The van der Waals surface area contributed by atoms with Crippen molar-refractivity contribution >= 4 is 8.80 Å². The standard InChI is InChI=1S/C12H17F3O3Si/c1-17-19(16,18-2)9-3-4-10-5-7-11(8-6-10)12(13,14)15/h5-8,16H,3-4,9H2,1-2H3. The van der Waals surface area contributed by atoms with E-state index in [-0.39, 0.29) is 0 Å². The van der Waals surface area contributed by atoms with Gasteiger partial charge in [0.15, 0.2) is 0 Å². The highest BCUT2D eigenvalue weighted by Crippen LogP contribution is 2.29. The van der Waals surface area contributed by atoms with Crippen molar-refractivity contribution in [1.29, 1.82) is 0 Å². The minimum Gasteiger partial charge on any atom is -0.390 e. The third-order valence-electron chi connectivity index (χ3n) is 2.88. The van der Waals surface area contributed by atoms with E-state index in [0.717, 1.165) is 17.7 Å². The first-order valence-electron chi connectivity index (χ1n) is 5.79. The van der Waals surface area contributed by atoms with Gasteiger partial charge in [0.1, 0.15) is 0 Å². The molecule has 0 radical (unpaired) electrons. The molecule has 0 aliphatic rings. The van der Waals surface area contributed by atoms with Gasteiger partial charge in [-0.15, -0.1) is 0 Å². The third-order valence-corrected chi connectivity index (χ3v) is 5.14. The van der Waals surface area contributed by atoms with Crippen molar-refractivity contribution in [3.63, 3.8) is 0 Å². The molecule has 0 amide bonds. The Labute approximate surface area is 111 Å². The zero-order valence-corrected chi connectivity index (χ0v) is 11.8. The minimum atomic E-state index is -4.31. The summed E-state index contributed by atoms with van der Waals surface area (Å²) in [6, 6.07) is 5.39. The fourth-order valence-electron chi connectivity index (χ4n) is 1.66. The summed E-state index contributed by atoms with van der Waals surface area (Å²) in [5.41, 5.74) is 0.132. The van der Waals surface area contributed by atoms with Crippen LogP contribution in [0.3, 0.4) is 0 Å². The molecule has 0 atom stereocenters. The summed E-state index contributed by atoms with van der Waals surface area (Å²) >= 11 is 0. The van der Waals surface area contributed by atoms with E-state index >= 15 is 0 Å². The van der Waals surface area contributed by atoms with Crippen LogP contribution in [-0.2, 0) is 21.4 Å². The van der Waals surface area contributed by atoms with E-state index in [1.807, 2.05) is 0 Å². The van der Waals surface area contributed by atoms with Gasteiger partial charge >= 0.3 is 15.0 Å². The second-order valence-electron chi connectivity index (χ2n) is 4.17. The molecule has 1 rings (SSSR count). The Morgan fingerprint density at radius 1 is 1.11 bits per heavy atom. The number of benzene rings is 1. The Hall–Kier alpha value is -0.893. The van der Waals surface area contributed by atoms with Crippen LogP contribution in [0.4, 0.5) is 13.2 Å². The van der Waals surface area contributed by atoms with E-state index < -0.39 is 20.5 Å². The molecule has 1 N–H and O–H groups in total. The molecule has 108 valence electrons. The van der Waals surface area contributed by atoms with Gasteiger partial charge in [-0.1, -0.05) is 12.1 Å². The highest BCUT2D eigenvalue weighted by molar-refractivity contribution is 6.59. The van der Waals surface area contributed by atoms with Crippen LogP contribution in [0.25, 0.3) is 0 Å². The maximum absolute atomic E-state index is 12.4. The molecule has 0 saturated heterocycles. The molecular formula is C12H17F3O3Si. The fraction of sp³-hybridized carbons (Fsp3) is 0.500. The first-order valence-corrected chi connectivity index (χ1v) is 7.76. The Balaban J connectivity index is 2.51. The van der Waals surface area contributed by atoms with Crippen molar-refractivity contribution in [3.8, 4) is 0 Å². The van der Waals surface area contributed by atoms with Gasteiger partial charge in [-0.25, -0.2) is 0 Å². The zero-order valence-electron chi connectivity index (χ0n) is 10.8. The van der Waals surface area contributed by atoms with E-state index in [9.17, 15) is 18.0 Å². The summed E-state index contributed by atoms with van der Waals surface area (Å²) < 4.78 is 46.9. The Bertz CT molecular complexity index is 388. The lowest BCUT2D eigenvalue weighted by Crippen LogP contribution is -2.40. The smallest absolute Gasteiger partial charge is 0.390 e. The maximum Gasteiger partial charge on any atom is 0.497 e. The van der Waals surface area contributed by atoms with E-state index in [1.54, 1.807) is 0 Å². The van der Waals surface area contributed by atoms with Gasteiger partial charge in [-0.2, -0.15) is 13.2 Å². The number of hydrogen-bond acceptors (Lipinski definition) is 3. The Kier molecular flexibility index (Phi) is 5.54. The van der Waals surface area contributed by atoms with Gasteiger partial charge in [0.25, 0.3) is 0 Å². The molecule has 0 heterocycles. The second kappa shape index (κ2) is 6.51. The monoisotopic (exact) mass is 294 g/mol. The van der Waals surface area contributed by atoms with Gasteiger partial charge < -0.3 is 13.6 Å². The van der Waals surface area contributed by atoms with Gasteiger partial charge in [0.2, 0.25) is 0 Å². The van der Waals surface area contributed by atoms with E-state index in [2.05, 4.69) is 0 Å². The summed E-state index contributed by atoms with van der Waals surface area (Å²) in [6.07, 6.45) is -3.15. The van der Waals surface area contributed by atoms with Crippen LogP contribution in [0.5, 0.6) is 0 Å². The Morgan fingerprint density at radius 3 is 2.05 bits per heavy atom. The SMILES string of the molecule is CO[Si](O)(CCCc1ccc(C(F)(F)F)cc1)OC. The zero-order chi connectivity index (χ0) is 14.5. The number of rotatable bonds is 6. The fourth-order valence-corrected chi connectivity index (χ4v) is 2.86. The molecule has 0 saturated carbocycles. The molecule has 0 aliphatic heterocycles. The first kappa shape index (κ1) is 16.2. The number of halogens is 3. The lowest BCUT2D eigenvalue weighted by Gasteiger charge is -2.19. The number of alkyl halides is 3. The van der Waals surface area contributed by atoms with Crippen molar-refractivity contribution in [2.45, 2.75) is 25.1 Å². The average molecular weight is 294 g/mol. The summed E-state index contributed by atoms with van der Waals surface area (Å²) in [7, 11) is -0.306. The summed E-state index contributed by atoms with van der Waals surface area (Å²) in [6.45, 7) is 0. The van der Waals surface area contributed by atoms with Crippen LogP contribution >= 0.6 is 0 Å². The highest BCUT2D eigenvalue weighted by atomic mass is 28.4. The van der Waals surface area contributed by atoms with Crippen molar-refractivity contribution in [2.75, 3.05) is 14.2 Å². The number of aryl methyl sites for hydroxylation is 1. The first-order chi connectivity index (χ1) is 8.80. The number of hydrogen-bond donors (Lipinski definition) is 1. The maximum atomic E-state index is 12.4. The molecular weight excluding hydrogens is 277 g/mol. The van der Waals surface area contributed by atoms with Gasteiger partial charge in [0, 0.05) is 20.3 Å². The van der Waals surface area contributed by atoms with E-state index in [4.69, 9.17) is 8.85 Å². The average Bonchev–Trinajstić information content (AvgIpc) is 2.38. The highest BCUT2D eigenvalue weighted by Gasteiger charge is 2.33. The molecule has 0 aromatic heterocycles. The largest absolute Gasteiger partial charge is 0.497 e. The second-order valence-corrected chi connectivity index (χ2v) is 6.91. The van der Waals surface area contributed by atoms with E-state index in [0.29, 0.717) is 18.9 Å². The molecule has 0 fully saturated rings. The van der Waals surface area contributed by atoms with Crippen LogP contribution in [0.2, 0.25) is 6.04 Å². The lowest BCUT2D eigenvalue weighted by molar-refractivity contribution is -0.137. The van der Waals surface area contributed by atoms with Gasteiger partial charge in [-0.3, -0.25) is 0 Å². The molecule has 1 aromatic rings. The third kappa shape index (κ3) is 4.94. The molecule has 0 aliphatic carbocycles. The molecule has 0 bridgehead atoms. The van der Waals surface area contributed by atoms with Crippen LogP contribution in [0, 0.1) is 0 Å². The normalized spacial score (nSPS) is 12.7. The van der Waals surface area contributed by atoms with Gasteiger partial charge in [0.05, 0.1) is 5.56 Å². The lowest BCUT2D eigenvalue weighted by atomic mass is 10.1. The predicted octanol–water partition coefficient (Wildman–Crippen LogP) is 2.86. The van der Waals surface area contributed by atoms with Crippen LogP contribution in [0.15, 0.2) is 24.3 Å². The van der Waals surface area contributed by atoms with E-state index in [1.165, 1.54) is 26.4 Å². The van der Waals surface area contributed by atoms with Crippen LogP contribution in [-0.4, -0.2) is 27.8 Å². The molecule has 7 heteroatoms.